The maximum absolute atomic E-state index is 7.85. The van der Waals surface area contributed by atoms with Crippen molar-refractivity contribution in [3.05, 3.63) is 0 Å². The Morgan fingerprint density at radius 3 is 2.71 bits per heavy atom. The van der Waals surface area contributed by atoms with Gasteiger partial charge in [0.2, 0.25) is 0 Å². The zero-order chi connectivity index (χ0) is 5.70. The van der Waals surface area contributed by atoms with Crippen LogP contribution in [0.1, 0.15) is 13.3 Å². The fourth-order valence-corrected chi connectivity index (χ4v) is 0.228. The molecule has 1 atom stereocenters. The number of hydrogen-bond donors (Lipinski definition) is 1. The lowest BCUT2D eigenvalue weighted by atomic mass is 10.4. The average Bonchev–Trinajstić information content (AvgIpc) is 1.68. The van der Waals surface area contributed by atoms with Crippen molar-refractivity contribution in [2.45, 2.75) is 18.7 Å². The summed E-state index contributed by atoms with van der Waals surface area (Å²) in [6.07, 6.45) is 2.09. The first kappa shape index (κ1) is 6.76. The minimum absolute atomic E-state index is 0.120. The van der Waals surface area contributed by atoms with Crippen LogP contribution in [-0.4, -0.2) is 16.8 Å². The third kappa shape index (κ3) is 3.59. The van der Waals surface area contributed by atoms with Gasteiger partial charge in [0.1, 0.15) is 0 Å². The molecule has 0 aliphatic carbocycles. The quantitative estimate of drug-likeness (QED) is 0.255. The highest BCUT2D eigenvalue weighted by Gasteiger charge is 1.91. The number of hydrogen-bond acceptors (Lipinski definition) is 2. The van der Waals surface area contributed by atoms with E-state index < -0.39 is 0 Å². The van der Waals surface area contributed by atoms with Crippen molar-refractivity contribution in [3.63, 3.8) is 0 Å². The molecule has 0 saturated carbocycles. The van der Waals surface area contributed by atoms with E-state index in [-0.39, 0.29) is 5.38 Å². The Hall–Kier alpha value is -0.240. The Balaban J connectivity index is 3.16. The van der Waals surface area contributed by atoms with Gasteiger partial charge in [-0.3, -0.25) is 0 Å². The molecule has 1 N–H and O–H groups in total. The minimum atomic E-state index is -0.120. The van der Waals surface area contributed by atoms with Crippen LogP contribution in [-0.2, 0) is 0 Å². The van der Waals surface area contributed by atoms with Crippen molar-refractivity contribution >= 4 is 17.8 Å². The Labute approximate surface area is 47.8 Å². The molecule has 2 nitrogen and oxygen atoms in total. The van der Waals surface area contributed by atoms with E-state index in [0.29, 0.717) is 0 Å². The number of oxime groups is 1. The average molecular weight is 122 g/mol. The summed E-state index contributed by atoms with van der Waals surface area (Å²) >= 11 is 5.46. The lowest BCUT2D eigenvalue weighted by Gasteiger charge is -1.90. The maximum atomic E-state index is 7.85. The lowest BCUT2D eigenvalue weighted by molar-refractivity contribution is 0.320. The van der Waals surface area contributed by atoms with Crippen molar-refractivity contribution < 1.29 is 5.21 Å². The van der Waals surface area contributed by atoms with Crippen LogP contribution in [0, 0.1) is 0 Å². The molecular weight excluding hydrogens is 114 g/mol. The topological polar surface area (TPSA) is 32.6 Å². The summed E-state index contributed by atoms with van der Waals surface area (Å²) in [5.41, 5.74) is 0. The largest absolute Gasteiger partial charge is 0.411 e. The first-order valence-electron chi connectivity index (χ1n) is 2.13. The van der Waals surface area contributed by atoms with E-state index in [1.165, 1.54) is 6.21 Å². The Kier molecular flexibility index (Phi) is 3.80. The number of halogens is 1. The van der Waals surface area contributed by atoms with Gasteiger partial charge in [-0.15, -0.1) is 16.8 Å². The molecule has 0 aliphatic rings. The van der Waals surface area contributed by atoms with Crippen LogP contribution < -0.4 is 0 Å². The summed E-state index contributed by atoms with van der Waals surface area (Å²) in [6, 6.07) is 0. The second kappa shape index (κ2) is 3.93. The van der Waals surface area contributed by atoms with Crippen LogP contribution >= 0.6 is 11.6 Å². The summed E-state index contributed by atoms with van der Waals surface area (Å²) in [7, 11) is 0. The molecule has 0 rings (SSSR count). The van der Waals surface area contributed by atoms with Gasteiger partial charge in [0.15, 0.2) is 0 Å². The smallest absolute Gasteiger partial charge is 0.0718 e. The second-order valence-electron chi connectivity index (χ2n) is 1.19. The molecule has 1 unspecified atom stereocenters. The van der Waals surface area contributed by atoms with Crippen molar-refractivity contribution in [1.82, 2.24) is 0 Å². The molecular formula is C4H8ClNO. The van der Waals surface area contributed by atoms with Crippen LogP contribution in [0.25, 0.3) is 0 Å². The van der Waals surface area contributed by atoms with Gasteiger partial charge < -0.3 is 5.21 Å². The second-order valence-corrected chi connectivity index (χ2v) is 1.75. The van der Waals surface area contributed by atoms with Crippen LogP contribution in [0.15, 0.2) is 5.16 Å². The number of alkyl halides is 1. The normalized spacial score (nSPS) is 15.1. The Bertz CT molecular complexity index is 64.7. The van der Waals surface area contributed by atoms with Gasteiger partial charge in [-0.1, -0.05) is 6.92 Å². The lowest BCUT2D eigenvalue weighted by Crippen LogP contribution is -1.95. The number of rotatable bonds is 2. The van der Waals surface area contributed by atoms with E-state index in [4.69, 9.17) is 16.8 Å². The predicted octanol–water partition coefficient (Wildman–Crippen LogP) is 1.46. The summed E-state index contributed by atoms with van der Waals surface area (Å²) < 4.78 is 0. The van der Waals surface area contributed by atoms with Crippen LogP contribution in [0.2, 0.25) is 0 Å². The maximum Gasteiger partial charge on any atom is 0.0718 e. The van der Waals surface area contributed by atoms with Gasteiger partial charge in [0, 0.05) is 0 Å². The molecule has 0 radical (unpaired) electrons. The monoisotopic (exact) mass is 121 g/mol. The molecule has 42 valence electrons. The fourth-order valence-electron chi connectivity index (χ4n) is 0.178. The summed E-state index contributed by atoms with van der Waals surface area (Å²) in [5, 5.41) is 10.5. The highest BCUT2D eigenvalue weighted by molar-refractivity contribution is 6.28. The first-order valence-corrected chi connectivity index (χ1v) is 2.56. The fraction of sp³-hybridized carbons (Fsp3) is 0.750. The number of nitrogens with zero attached hydrogens (tertiary/aromatic N) is 1. The Morgan fingerprint density at radius 1 is 2.00 bits per heavy atom. The van der Waals surface area contributed by atoms with Crippen molar-refractivity contribution in [2.24, 2.45) is 5.16 Å². The Morgan fingerprint density at radius 2 is 2.57 bits per heavy atom. The van der Waals surface area contributed by atoms with Gasteiger partial charge in [-0.05, 0) is 6.42 Å². The van der Waals surface area contributed by atoms with E-state index >= 15 is 0 Å². The van der Waals surface area contributed by atoms with Crippen molar-refractivity contribution in [3.8, 4) is 0 Å². The minimum Gasteiger partial charge on any atom is -0.411 e. The molecule has 0 aromatic heterocycles. The highest BCUT2D eigenvalue weighted by atomic mass is 35.5. The van der Waals surface area contributed by atoms with E-state index in [1.807, 2.05) is 6.92 Å². The third-order valence-corrected chi connectivity index (χ3v) is 1.04. The SMILES string of the molecule is CCC(Cl)C=NO. The van der Waals surface area contributed by atoms with Crippen LogP contribution in [0.4, 0.5) is 0 Å². The summed E-state index contributed by atoms with van der Waals surface area (Å²) in [5.74, 6) is 0. The third-order valence-electron chi connectivity index (χ3n) is 0.618. The van der Waals surface area contributed by atoms with E-state index in [1.54, 1.807) is 0 Å². The summed E-state index contributed by atoms with van der Waals surface area (Å²) in [4.78, 5) is 0. The summed E-state index contributed by atoms with van der Waals surface area (Å²) in [6.45, 7) is 1.92. The van der Waals surface area contributed by atoms with Gasteiger partial charge in [-0.2, -0.15) is 0 Å². The molecule has 0 bridgehead atoms. The molecule has 0 heterocycles. The van der Waals surface area contributed by atoms with E-state index in [2.05, 4.69) is 5.16 Å². The van der Waals surface area contributed by atoms with Gasteiger partial charge in [-0.25, -0.2) is 0 Å². The molecule has 0 amide bonds. The van der Waals surface area contributed by atoms with Crippen LogP contribution in [0.5, 0.6) is 0 Å². The van der Waals surface area contributed by atoms with E-state index in [0.717, 1.165) is 6.42 Å². The van der Waals surface area contributed by atoms with Gasteiger partial charge in [0.05, 0.1) is 11.6 Å². The van der Waals surface area contributed by atoms with Gasteiger partial charge >= 0.3 is 0 Å². The van der Waals surface area contributed by atoms with Gasteiger partial charge in [0.25, 0.3) is 0 Å². The molecule has 0 fully saturated rings. The van der Waals surface area contributed by atoms with Crippen molar-refractivity contribution in [1.29, 1.82) is 0 Å². The molecule has 0 aromatic rings. The predicted molar refractivity (Wildman–Crippen MR) is 30.2 cm³/mol. The molecule has 0 aliphatic heterocycles. The molecule has 0 aromatic carbocycles. The van der Waals surface area contributed by atoms with E-state index in [9.17, 15) is 0 Å². The standard InChI is InChI=1S/C4H8ClNO/c1-2-4(5)3-6-7/h3-4,7H,2H2,1H3. The molecule has 0 saturated heterocycles. The molecule has 0 spiro atoms. The molecule has 7 heavy (non-hydrogen) atoms. The zero-order valence-electron chi connectivity index (χ0n) is 4.13. The highest BCUT2D eigenvalue weighted by Crippen LogP contribution is 1.94. The molecule has 3 heteroatoms. The zero-order valence-corrected chi connectivity index (χ0v) is 4.89. The van der Waals surface area contributed by atoms with Crippen LogP contribution in [0.3, 0.4) is 0 Å². The first-order chi connectivity index (χ1) is 3.31. The van der Waals surface area contributed by atoms with Crippen molar-refractivity contribution in [2.75, 3.05) is 0 Å².